The maximum Gasteiger partial charge on any atom is 0.116 e. The van der Waals surface area contributed by atoms with E-state index in [-0.39, 0.29) is 5.92 Å². The molecule has 50 valence electrons. The predicted molar refractivity (Wildman–Crippen MR) is 36.4 cm³/mol. The average molecular weight is 126 g/mol. The maximum atomic E-state index is 9.97. The van der Waals surface area contributed by atoms with Crippen LogP contribution in [0.15, 0.2) is 0 Å². The highest BCUT2D eigenvalue weighted by Gasteiger charge is 2.15. The smallest absolute Gasteiger partial charge is 0.116 e. The molecule has 0 fully saturated rings. The number of aliphatic hydroxyl groups is 1. The third kappa shape index (κ3) is 2.66. The van der Waals surface area contributed by atoms with Crippen LogP contribution in [0.3, 0.4) is 0 Å². The molecule has 0 aromatic rings. The average Bonchev–Trinajstić information content (AvgIpc) is 1.84. The summed E-state index contributed by atoms with van der Waals surface area (Å²) in [5.74, 6) is -0.685. The Hall–Kier alpha value is -0.305. The predicted octanol–water partition coefficient (Wildman–Crippen LogP) is 0.159. The van der Waals surface area contributed by atoms with Gasteiger partial charge in [-0.15, -0.1) is 0 Å². The number of rotatable bonds is 3. The van der Waals surface area contributed by atoms with Crippen LogP contribution in [0.1, 0.15) is 13.8 Å². The van der Waals surface area contributed by atoms with Gasteiger partial charge in [-0.05, 0) is 5.92 Å². The summed E-state index contributed by atoms with van der Waals surface area (Å²) in [5, 5.41) is 9.04. The molecule has 0 aliphatic rings. The molecule has 0 amide bonds. The van der Waals surface area contributed by atoms with E-state index >= 15 is 0 Å². The Morgan fingerprint density at radius 1 is 1.56 bits per heavy atom. The fraction of sp³-hybridized carbons (Fsp3) is 0.833. The zero-order valence-electron chi connectivity index (χ0n) is 5.74. The molecule has 1 unspecified atom stereocenters. The van der Waals surface area contributed by atoms with Gasteiger partial charge in [0.1, 0.15) is 6.29 Å². The Balaban J connectivity index is 3.71. The van der Waals surface area contributed by atoms with Gasteiger partial charge in [0.15, 0.2) is 0 Å². The van der Waals surface area contributed by atoms with Crippen LogP contribution in [-0.4, -0.2) is 25.3 Å². The summed E-state index contributed by atoms with van der Waals surface area (Å²) < 4.78 is 0. The number of aliphatic hydroxyl groups excluding tert-OH is 1. The monoisotopic (exact) mass is 126 g/mol. The Morgan fingerprint density at radius 2 is 2.00 bits per heavy atom. The van der Waals surface area contributed by atoms with Gasteiger partial charge < -0.3 is 9.90 Å². The summed E-state index contributed by atoms with van der Waals surface area (Å²) in [4.78, 5) is 9.97. The van der Waals surface area contributed by atoms with E-state index in [1.807, 2.05) is 13.8 Å². The van der Waals surface area contributed by atoms with Crippen LogP contribution in [0.25, 0.3) is 0 Å². The highest BCUT2D eigenvalue weighted by atomic mass is 16.3. The second kappa shape index (κ2) is 3.67. The highest BCUT2D eigenvalue weighted by molar-refractivity contribution is 6.20. The van der Waals surface area contributed by atoms with Gasteiger partial charge in [-0.3, -0.25) is 0 Å². The molecule has 0 saturated heterocycles. The number of carbonyl (C=O) groups is 1. The van der Waals surface area contributed by atoms with Crippen LogP contribution in [-0.2, 0) is 4.79 Å². The summed E-state index contributed by atoms with van der Waals surface area (Å²) in [6.07, 6.45) is -0.146. The van der Waals surface area contributed by atoms with E-state index < -0.39 is 11.9 Å². The quantitative estimate of drug-likeness (QED) is 0.432. The van der Waals surface area contributed by atoms with Gasteiger partial charge in [0.2, 0.25) is 0 Å². The number of carbonyl (C=O) groups excluding carboxylic acids is 1. The summed E-state index contributed by atoms with van der Waals surface area (Å²) in [5.41, 5.74) is 0. The van der Waals surface area contributed by atoms with Crippen molar-refractivity contribution in [3.05, 3.63) is 0 Å². The lowest BCUT2D eigenvalue weighted by molar-refractivity contribution is -0.109. The normalized spacial score (nSPS) is 17.3. The fourth-order valence-corrected chi connectivity index (χ4v) is 0.525. The molecule has 0 saturated carbocycles. The lowest BCUT2D eigenvalue weighted by atomic mass is 9.79. The first kappa shape index (κ1) is 8.69. The minimum atomic E-state index is -0.731. The second-order valence-corrected chi connectivity index (χ2v) is 2.45. The molecule has 1 N–H and O–H groups in total. The number of hydrogen-bond acceptors (Lipinski definition) is 2. The topological polar surface area (TPSA) is 37.3 Å². The minimum Gasteiger partial charge on any atom is -0.393 e. The van der Waals surface area contributed by atoms with Crippen LogP contribution < -0.4 is 0 Å². The summed E-state index contributed by atoms with van der Waals surface area (Å²) >= 11 is 0. The third-order valence-electron chi connectivity index (χ3n) is 1.23. The molecule has 9 heavy (non-hydrogen) atoms. The van der Waals surface area contributed by atoms with Crippen molar-refractivity contribution in [3.63, 3.8) is 0 Å². The highest BCUT2D eigenvalue weighted by Crippen LogP contribution is 2.11. The molecule has 3 heteroatoms. The Bertz CT molecular complexity index is 93.1. The van der Waals surface area contributed by atoms with E-state index in [4.69, 9.17) is 13.0 Å². The zero-order valence-corrected chi connectivity index (χ0v) is 5.74. The van der Waals surface area contributed by atoms with Crippen LogP contribution in [0.5, 0.6) is 0 Å². The van der Waals surface area contributed by atoms with Gasteiger partial charge in [-0.2, -0.15) is 0 Å². The van der Waals surface area contributed by atoms with E-state index in [9.17, 15) is 4.79 Å². The van der Waals surface area contributed by atoms with Crippen molar-refractivity contribution in [2.75, 3.05) is 0 Å². The molecule has 2 atom stereocenters. The van der Waals surface area contributed by atoms with Gasteiger partial charge in [0, 0.05) is 5.82 Å². The van der Waals surface area contributed by atoms with Crippen molar-refractivity contribution in [2.24, 2.45) is 5.92 Å². The van der Waals surface area contributed by atoms with Gasteiger partial charge in [-0.25, -0.2) is 0 Å². The zero-order chi connectivity index (χ0) is 7.44. The molecular weight excluding hydrogens is 115 g/mol. The summed E-state index contributed by atoms with van der Waals surface area (Å²) in [7, 11) is 5.20. The van der Waals surface area contributed by atoms with Gasteiger partial charge >= 0.3 is 0 Å². The number of aldehydes is 1. The maximum absolute atomic E-state index is 9.97. The van der Waals surface area contributed by atoms with Crippen molar-refractivity contribution in [3.8, 4) is 0 Å². The largest absolute Gasteiger partial charge is 0.393 e. The first-order chi connectivity index (χ1) is 4.09. The van der Waals surface area contributed by atoms with Crippen LogP contribution in [0, 0.1) is 5.92 Å². The molecule has 0 bridgehead atoms. The van der Waals surface area contributed by atoms with Crippen molar-refractivity contribution in [1.82, 2.24) is 0 Å². The molecular formula is C6H11BO2. The molecule has 0 aliphatic carbocycles. The fourth-order valence-electron chi connectivity index (χ4n) is 0.525. The van der Waals surface area contributed by atoms with Crippen molar-refractivity contribution < 1.29 is 9.90 Å². The van der Waals surface area contributed by atoms with Crippen LogP contribution in [0.4, 0.5) is 0 Å². The molecule has 0 rings (SSSR count). The molecule has 0 aliphatic heterocycles. The van der Waals surface area contributed by atoms with E-state index in [2.05, 4.69) is 0 Å². The first-order valence-corrected chi connectivity index (χ1v) is 2.98. The van der Waals surface area contributed by atoms with Crippen molar-refractivity contribution in [2.45, 2.75) is 25.8 Å². The lowest BCUT2D eigenvalue weighted by Crippen LogP contribution is -2.22. The van der Waals surface area contributed by atoms with Gasteiger partial charge in [-0.1, -0.05) is 13.8 Å². The first-order valence-electron chi connectivity index (χ1n) is 2.98. The van der Waals surface area contributed by atoms with E-state index in [0.29, 0.717) is 6.29 Å². The molecule has 0 aromatic carbocycles. The van der Waals surface area contributed by atoms with Crippen LogP contribution >= 0.6 is 0 Å². The Kier molecular flexibility index (Phi) is 3.55. The molecule has 0 spiro atoms. The Morgan fingerprint density at radius 3 is 2.11 bits per heavy atom. The Labute approximate surface area is 56.7 Å². The summed E-state index contributed by atoms with van der Waals surface area (Å²) in [6, 6.07) is 0. The molecule has 2 radical (unpaired) electrons. The van der Waals surface area contributed by atoms with Gasteiger partial charge in [0.25, 0.3) is 0 Å². The standard InChI is InChI=1S/C6H11BO2/c1-4(2)6(9)5(7)3-8/h3-6,9H,1-2H3/t5-,6?/m1/s1. The molecule has 2 nitrogen and oxygen atoms in total. The summed E-state index contributed by atoms with van der Waals surface area (Å²) in [6.45, 7) is 3.63. The number of hydrogen-bond donors (Lipinski definition) is 1. The van der Waals surface area contributed by atoms with Crippen LogP contribution in [0.2, 0.25) is 5.82 Å². The van der Waals surface area contributed by atoms with E-state index in [0.717, 1.165) is 0 Å². The van der Waals surface area contributed by atoms with Crippen molar-refractivity contribution >= 4 is 14.1 Å². The molecule has 0 aromatic heterocycles. The van der Waals surface area contributed by atoms with Crippen molar-refractivity contribution in [1.29, 1.82) is 0 Å². The van der Waals surface area contributed by atoms with E-state index in [1.54, 1.807) is 0 Å². The SMILES string of the molecule is [B][C@H](C=O)C(O)C(C)C. The minimum absolute atomic E-state index is 0.0465. The molecule has 0 heterocycles. The van der Waals surface area contributed by atoms with E-state index in [1.165, 1.54) is 0 Å². The van der Waals surface area contributed by atoms with Gasteiger partial charge in [0.05, 0.1) is 14.0 Å². The second-order valence-electron chi connectivity index (χ2n) is 2.45. The lowest BCUT2D eigenvalue weighted by Gasteiger charge is -2.16. The third-order valence-corrected chi connectivity index (χ3v) is 1.23.